The molecule has 1 aliphatic heterocycles. The van der Waals surface area contributed by atoms with Crippen molar-refractivity contribution in [3.05, 3.63) is 59.0 Å². The van der Waals surface area contributed by atoms with Crippen molar-refractivity contribution in [2.45, 2.75) is 12.3 Å². The van der Waals surface area contributed by atoms with Crippen molar-refractivity contribution in [2.24, 2.45) is 0 Å². The zero-order valence-electron chi connectivity index (χ0n) is 17.8. The molecule has 1 saturated heterocycles. The maximum Gasteiger partial charge on any atom is 0.263 e. The van der Waals surface area contributed by atoms with Crippen molar-refractivity contribution in [1.82, 2.24) is 9.80 Å². The molecule has 158 valence electrons. The Balaban J connectivity index is 1.44. The molecule has 1 aliphatic rings. The molecule has 1 atom stereocenters. The van der Waals surface area contributed by atoms with E-state index in [4.69, 9.17) is 9.47 Å². The molecule has 0 unspecified atom stereocenters. The number of carbonyl (C=O) groups is 1. The Morgan fingerprint density at radius 1 is 1.17 bits per heavy atom. The highest BCUT2D eigenvalue weighted by Gasteiger charge is 2.30. The van der Waals surface area contributed by atoms with Gasteiger partial charge in [-0.05, 0) is 42.1 Å². The molecule has 0 aliphatic carbocycles. The molecule has 0 spiro atoms. The van der Waals surface area contributed by atoms with Crippen LogP contribution in [0.3, 0.4) is 0 Å². The van der Waals surface area contributed by atoms with Gasteiger partial charge in [0.05, 0.1) is 12.0 Å². The predicted octanol–water partition coefficient (Wildman–Crippen LogP) is 4.48. The Hall–Kier alpha value is -2.57. The van der Waals surface area contributed by atoms with Gasteiger partial charge in [0.2, 0.25) is 0 Å². The molecular weight excluding hydrogens is 396 g/mol. The van der Waals surface area contributed by atoms with E-state index < -0.39 is 0 Å². The van der Waals surface area contributed by atoms with Crippen molar-refractivity contribution < 1.29 is 14.3 Å². The summed E-state index contributed by atoms with van der Waals surface area (Å²) in [5, 5.41) is 1.23. The summed E-state index contributed by atoms with van der Waals surface area (Å²) in [5.74, 6) is 2.10. The van der Waals surface area contributed by atoms with Crippen LogP contribution in [0.4, 0.5) is 0 Å². The molecule has 4 rings (SSSR count). The smallest absolute Gasteiger partial charge is 0.263 e. The van der Waals surface area contributed by atoms with E-state index >= 15 is 0 Å². The van der Waals surface area contributed by atoms with E-state index in [1.54, 1.807) is 23.3 Å². The first-order valence-corrected chi connectivity index (χ1v) is 11.1. The van der Waals surface area contributed by atoms with Crippen LogP contribution >= 0.6 is 11.3 Å². The van der Waals surface area contributed by atoms with E-state index in [9.17, 15) is 4.79 Å². The minimum atomic E-state index is 0.103. The number of hydrogen-bond acceptors (Lipinski definition) is 5. The number of thiophene rings is 1. The molecule has 0 N–H and O–H groups in total. The van der Waals surface area contributed by atoms with Gasteiger partial charge in [0.25, 0.3) is 5.91 Å². The minimum absolute atomic E-state index is 0.103. The maximum atomic E-state index is 12.8. The van der Waals surface area contributed by atoms with Gasteiger partial charge in [0.15, 0.2) is 0 Å². The van der Waals surface area contributed by atoms with Crippen molar-refractivity contribution in [2.75, 3.05) is 47.4 Å². The topological polar surface area (TPSA) is 42.0 Å². The standard InChI is InChI=1S/C24H28N2O3S/c1-25(2)24(27)23-22(20-9-4-5-10-21(20)30-23)17-11-12-26(16-17)13-14-29-19-8-6-7-18(15-19)28-3/h4-10,15,17H,11-14,16H2,1-3H3/t17-/m1/s1. The molecule has 2 aromatic carbocycles. The molecule has 3 aromatic rings. The number of rotatable bonds is 7. The summed E-state index contributed by atoms with van der Waals surface area (Å²) in [6, 6.07) is 16.1. The van der Waals surface area contributed by atoms with Crippen LogP contribution in [-0.2, 0) is 0 Å². The van der Waals surface area contributed by atoms with Crippen LogP contribution in [0.15, 0.2) is 48.5 Å². The second-order valence-corrected chi connectivity index (χ2v) is 8.91. The van der Waals surface area contributed by atoms with Crippen LogP contribution in [-0.4, -0.2) is 63.2 Å². The number of likely N-dealkylation sites (tertiary alicyclic amines) is 1. The quantitative estimate of drug-likeness (QED) is 0.561. The van der Waals surface area contributed by atoms with Crippen LogP contribution in [0, 0.1) is 0 Å². The molecule has 0 saturated carbocycles. The fourth-order valence-corrected chi connectivity index (χ4v) is 5.40. The van der Waals surface area contributed by atoms with Crippen LogP contribution in [0.1, 0.15) is 27.6 Å². The number of ether oxygens (including phenoxy) is 2. The lowest BCUT2D eigenvalue weighted by Crippen LogP contribution is -2.26. The number of amides is 1. The third-order valence-electron chi connectivity index (χ3n) is 5.63. The van der Waals surface area contributed by atoms with Gasteiger partial charge in [0.1, 0.15) is 18.1 Å². The van der Waals surface area contributed by atoms with E-state index in [1.807, 2.05) is 44.4 Å². The van der Waals surface area contributed by atoms with Crippen molar-refractivity contribution in [3.63, 3.8) is 0 Å². The molecule has 6 heteroatoms. The molecule has 1 fully saturated rings. The lowest BCUT2D eigenvalue weighted by atomic mass is 9.95. The SMILES string of the molecule is COc1cccc(OCCN2CC[C@@H](c3c(C(=O)N(C)C)sc4ccccc34)C2)c1. The first-order chi connectivity index (χ1) is 14.6. The highest BCUT2D eigenvalue weighted by atomic mass is 32.1. The molecule has 30 heavy (non-hydrogen) atoms. The largest absolute Gasteiger partial charge is 0.497 e. The first-order valence-electron chi connectivity index (χ1n) is 10.3. The summed E-state index contributed by atoms with van der Waals surface area (Å²) in [6.07, 6.45) is 1.06. The second kappa shape index (κ2) is 9.06. The Morgan fingerprint density at radius 3 is 2.77 bits per heavy atom. The highest BCUT2D eigenvalue weighted by Crippen LogP contribution is 2.40. The summed E-state index contributed by atoms with van der Waals surface area (Å²) in [7, 11) is 5.31. The summed E-state index contributed by atoms with van der Waals surface area (Å²) in [5.41, 5.74) is 1.23. The van der Waals surface area contributed by atoms with Gasteiger partial charge in [-0.25, -0.2) is 0 Å². The second-order valence-electron chi connectivity index (χ2n) is 7.85. The predicted molar refractivity (Wildman–Crippen MR) is 122 cm³/mol. The Morgan fingerprint density at radius 2 is 1.97 bits per heavy atom. The average Bonchev–Trinajstić information content (AvgIpc) is 3.37. The Labute approximate surface area is 181 Å². The number of fused-ring (bicyclic) bond motifs is 1. The van der Waals surface area contributed by atoms with Crippen molar-refractivity contribution >= 4 is 27.3 Å². The minimum Gasteiger partial charge on any atom is -0.497 e. The van der Waals surface area contributed by atoms with Gasteiger partial charge in [-0.3, -0.25) is 9.69 Å². The molecule has 5 nitrogen and oxygen atoms in total. The number of nitrogens with zero attached hydrogens (tertiary/aromatic N) is 2. The summed E-state index contributed by atoms with van der Waals surface area (Å²) < 4.78 is 12.4. The lowest BCUT2D eigenvalue weighted by Gasteiger charge is -2.18. The lowest BCUT2D eigenvalue weighted by molar-refractivity contribution is 0.0831. The van der Waals surface area contributed by atoms with Crippen LogP contribution in [0.5, 0.6) is 11.5 Å². The van der Waals surface area contributed by atoms with Crippen LogP contribution < -0.4 is 9.47 Å². The summed E-state index contributed by atoms with van der Waals surface area (Å²) in [6.45, 7) is 3.47. The first kappa shape index (κ1) is 20.7. The fourth-order valence-electron chi connectivity index (χ4n) is 4.09. The van der Waals surface area contributed by atoms with E-state index in [0.717, 1.165) is 42.4 Å². The van der Waals surface area contributed by atoms with Gasteiger partial charge >= 0.3 is 0 Å². The summed E-state index contributed by atoms with van der Waals surface area (Å²) in [4.78, 5) is 17.9. The van der Waals surface area contributed by atoms with Gasteiger partial charge < -0.3 is 14.4 Å². The fraction of sp³-hybridized carbons (Fsp3) is 0.375. The molecular formula is C24H28N2O3S. The number of hydrogen-bond donors (Lipinski definition) is 0. The third-order valence-corrected chi connectivity index (χ3v) is 6.81. The van der Waals surface area contributed by atoms with E-state index in [-0.39, 0.29) is 5.91 Å². The molecule has 2 heterocycles. The van der Waals surface area contributed by atoms with Crippen LogP contribution in [0.2, 0.25) is 0 Å². The van der Waals surface area contributed by atoms with Crippen molar-refractivity contribution in [3.8, 4) is 11.5 Å². The number of methoxy groups -OCH3 is 1. The zero-order valence-corrected chi connectivity index (χ0v) is 18.6. The Kier molecular flexibility index (Phi) is 6.25. The average molecular weight is 425 g/mol. The van der Waals surface area contributed by atoms with Gasteiger partial charge in [-0.1, -0.05) is 24.3 Å². The third kappa shape index (κ3) is 4.30. The van der Waals surface area contributed by atoms with Gasteiger partial charge in [-0.2, -0.15) is 0 Å². The molecule has 0 bridgehead atoms. The van der Waals surface area contributed by atoms with E-state index in [2.05, 4.69) is 23.1 Å². The molecule has 1 aromatic heterocycles. The van der Waals surface area contributed by atoms with Gasteiger partial charge in [-0.15, -0.1) is 11.3 Å². The van der Waals surface area contributed by atoms with Crippen molar-refractivity contribution in [1.29, 1.82) is 0 Å². The highest BCUT2D eigenvalue weighted by molar-refractivity contribution is 7.21. The van der Waals surface area contributed by atoms with Crippen LogP contribution in [0.25, 0.3) is 10.1 Å². The zero-order chi connectivity index (χ0) is 21.1. The van der Waals surface area contributed by atoms with Gasteiger partial charge in [0, 0.05) is 43.9 Å². The molecule has 1 amide bonds. The van der Waals surface area contributed by atoms with E-state index in [1.165, 1.54) is 15.6 Å². The number of carbonyl (C=O) groups excluding carboxylic acids is 1. The Bertz CT molecular complexity index is 1030. The number of benzene rings is 2. The maximum absolute atomic E-state index is 12.8. The monoisotopic (exact) mass is 424 g/mol. The normalized spacial score (nSPS) is 16.7. The van der Waals surface area contributed by atoms with E-state index in [0.29, 0.717) is 12.5 Å². The summed E-state index contributed by atoms with van der Waals surface area (Å²) >= 11 is 1.62. The molecule has 0 radical (unpaired) electrons.